The largest absolute Gasteiger partial charge is 0.478 e. The molecule has 0 aliphatic heterocycles. The Morgan fingerprint density at radius 1 is 1.38 bits per heavy atom. The first-order valence-electron chi connectivity index (χ1n) is 5.54. The predicted molar refractivity (Wildman–Crippen MR) is 63.8 cm³/mol. The van der Waals surface area contributed by atoms with Gasteiger partial charge in [0, 0.05) is 18.3 Å². The number of rotatable bonds is 4. The molecule has 16 heavy (non-hydrogen) atoms. The Hall–Kier alpha value is -1.77. The Kier molecular flexibility index (Phi) is 2.95. The molecule has 0 amide bonds. The highest BCUT2D eigenvalue weighted by atomic mass is 16.4. The van der Waals surface area contributed by atoms with Crippen LogP contribution in [-0.4, -0.2) is 15.6 Å². The lowest BCUT2D eigenvalue weighted by Crippen LogP contribution is -1.98. The molecule has 1 aromatic carbocycles. The molecule has 0 saturated carbocycles. The van der Waals surface area contributed by atoms with E-state index < -0.39 is 5.97 Å². The Balaban J connectivity index is 2.43. The third-order valence-corrected chi connectivity index (χ3v) is 2.77. The Morgan fingerprint density at radius 3 is 2.88 bits per heavy atom. The molecule has 1 heterocycles. The predicted octanol–water partition coefficient (Wildman–Crippen LogP) is 3.14. The van der Waals surface area contributed by atoms with Gasteiger partial charge < -0.3 is 9.67 Å². The van der Waals surface area contributed by atoms with Gasteiger partial charge in [0.25, 0.3) is 0 Å². The zero-order chi connectivity index (χ0) is 11.5. The number of aromatic carboxylic acids is 1. The van der Waals surface area contributed by atoms with E-state index in [2.05, 4.69) is 11.5 Å². The maximum Gasteiger partial charge on any atom is 0.335 e. The number of unbranched alkanes of at least 4 members (excludes halogenated alkanes) is 1. The highest BCUT2D eigenvalue weighted by molar-refractivity contribution is 5.93. The summed E-state index contributed by atoms with van der Waals surface area (Å²) in [6.45, 7) is 3.09. The van der Waals surface area contributed by atoms with Crippen molar-refractivity contribution < 1.29 is 9.90 Å². The molecule has 0 unspecified atom stereocenters. The second-order valence-corrected chi connectivity index (χ2v) is 3.94. The number of hydrogen-bond donors (Lipinski definition) is 1. The number of benzene rings is 1. The maximum absolute atomic E-state index is 10.9. The number of carbonyl (C=O) groups is 1. The van der Waals surface area contributed by atoms with Crippen LogP contribution in [0.25, 0.3) is 10.9 Å². The molecule has 0 spiro atoms. The van der Waals surface area contributed by atoms with Crippen LogP contribution in [0.3, 0.4) is 0 Å². The van der Waals surface area contributed by atoms with Gasteiger partial charge in [0.05, 0.1) is 5.56 Å². The second-order valence-electron chi connectivity index (χ2n) is 3.94. The molecule has 0 aliphatic carbocycles. The van der Waals surface area contributed by atoms with Crippen LogP contribution in [0.2, 0.25) is 0 Å². The molecule has 3 nitrogen and oxygen atoms in total. The standard InChI is InChI=1S/C13H15NO2/c1-2-3-7-14-8-6-10-4-5-11(13(15)16)9-12(10)14/h4-6,8-9H,2-3,7H2,1H3,(H,15,16). The zero-order valence-corrected chi connectivity index (χ0v) is 9.31. The molecule has 0 saturated heterocycles. The van der Waals surface area contributed by atoms with Crippen molar-refractivity contribution in [3.8, 4) is 0 Å². The zero-order valence-electron chi connectivity index (χ0n) is 9.31. The summed E-state index contributed by atoms with van der Waals surface area (Å²) in [5.41, 5.74) is 1.36. The van der Waals surface area contributed by atoms with Gasteiger partial charge in [-0.15, -0.1) is 0 Å². The summed E-state index contributed by atoms with van der Waals surface area (Å²) in [6, 6.07) is 7.28. The van der Waals surface area contributed by atoms with Crippen LogP contribution in [0.15, 0.2) is 30.5 Å². The van der Waals surface area contributed by atoms with E-state index in [1.165, 1.54) is 0 Å². The van der Waals surface area contributed by atoms with Gasteiger partial charge >= 0.3 is 5.97 Å². The van der Waals surface area contributed by atoms with Crippen LogP contribution in [0.1, 0.15) is 30.1 Å². The van der Waals surface area contributed by atoms with E-state index in [1.807, 2.05) is 18.3 Å². The Morgan fingerprint density at radius 2 is 2.19 bits per heavy atom. The summed E-state index contributed by atoms with van der Waals surface area (Å²) in [7, 11) is 0. The molecule has 0 atom stereocenters. The SMILES string of the molecule is CCCCn1ccc2ccc(C(=O)O)cc21. The minimum absolute atomic E-state index is 0.351. The molecule has 3 heteroatoms. The summed E-state index contributed by atoms with van der Waals surface area (Å²) in [6.07, 6.45) is 4.27. The number of hydrogen-bond acceptors (Lipinski definition) is 1. The average molecular weight is 217 g/mol. The number of nitrogens with zero attached hydrogens (tertiary/aromatic N) is 1. The monoisotopic (exact) mass is 217 g/mol. The average Bonchev–Trinajstić information content (AvgIpc) is 2.68. The molecule has 2 rings (SSSR count). The van der Waals surface area contributed by atoms with E-state index >= 15 is 0 Å². The third kappa shape index (κ3) is 1.94. The topological polar surface area (TPSA) is 42.2 Å². The minimum atomic E-state index is -0.870. The van der Waals surface area contributed by atoms with Gasteiger partial charge in [-0.25, -0.2) is 4.79 Å². The quantitative estimate of drug-likeness (QED) is 0.854. The van der Waals surface area contributed by atoms with E-state index in [0.717, 1.165) is 30.3 Å². The summed E-state index contributed by atoms with van der Waals surface area (Å²) < 4.78 is 2.12. The van der Waals surface area contributed by atoms with E-state index in [-0.39, 0.29) is 0 Å². The number of carboxylic acids is 1. The summed E-state index contributed by atoms with van der Waals surface area (Å²) >= 11 is 0. The fourth-order valence-electron chi connectivity index (χ4n) is 1.84. The Labute approximate surface area is 94.3 Å². The highest BCUT2D eigenvalue weighted by Crippen LogP contribution is 2.18. The molecule has 1 N–H and O–H groups in total. The molecule has 0 bridgehead atoms. The molecule has 0 fully saturated rings. The lowest BCUT2D eigenvalue weighted by atomic mass is 10.1. The normalized spacial score (nSPS) is 10.8. The lowest BCUT2D eigenvalue weighted by molar-refractivity contribution is 0.0697. The van der Waals surface area contributed by atoms with Crippen molar-refractivity contribution in [1.29, 1.82) is 0 Å². The Bertz CT molecular complexity index is 514. The summed E-state index contributed by atoms with van der Waals surface area (Å²) in [5, 5.41) is 10.0. The molecule has 1 aromatic heterocycles. The van der Waals surface area contributed by atoms with Gasteiger partial charge in [0.1, 0.15) is 0 Å². The van der Waals surface area contributed by atoms with Crippen LogP contribution in [0.4, 0.5) is 0 Å². The number of carboxylic acid groups (broad SMARTS) is 1. The van der Waals surface area contributed by atoms with Crippen LogP contribution in [-0.2, 0) is 6.54 Å². The first kappa shape index (κ1) is 10.7. The van der Waals surface area contributed by atoms with Gasteiger partial charge in [0.15, 0.2) is 0 Å². The number of aromatic nitrogens is 1. The lowest BCUT2D eigenvalue weighted by Gasteiger charge is -2.04. The van der Waals surface area contributed by atoms with Crippen molar-refractivity contribution in [2.45, 2.75) is 26.3 Å². The molecular formula is C13H15NO2. The maximum atomic E-state index is 10.9. The van der Waals surface area contributed by atoms with Gasteiger partial charge in [-0.2, -0.15) is 0 Å². The van der Waals surface area contributed by atoms with Crippen molar-refractivity contribution >= 4 is 16.9 Å². The van der Waals surface area contributed by atoms with Crippen LogP contribution < -0.4 is 0 Å². The molecular weight excluding hydrogens is 202 g/mol. The highest BCUT2D eigenvalue weighted by Gasteiger charge is 2.06. The van der Waals surface area contributed by atoms with Gasteiger partial charge in [0.2, 0.25) is 0 Å². The first-order valence-corrected chi connectivity index (χ1v) is 5.54. The van der Waals surface area contributed by atoms with Crippen LogP contribution >= 0.6 is 0 Å². The molecule has 2 aromatic rings. The van der Waals surface area contributed by atoms with Crippen molar-refractivity contribution in [2.75, 3.05) is 0 Å². The smallest absolute Gasteiger partial charge is 0.335 e. The van der Waals surface area contributed by atoms with Crippen LogP contribution in [0, 0.1) is 0 Å². The summed E-state index contributed by atoms with van der Waals surface area (Å²) in [4.78, 5) is 10.9. The van der Waals surface area contributed by atoms with E-state index in [1.54, 1.807) is 12.1 Å². The van der Waals surface area contributed by atoms with Crippen molar-refractivity contribution in [2.24, 2.45) is 0 Å². The first-order chi connectivity index (χ1) is 7.72. The second kappa shape index (κ2) is 4.39. The van der Waals surface area contributed by atoms with Crippen molar-refractivity contribution in [3.05, 3.63) is 36.0 Å². The van der Waals surface area contributed by atoms with Crippen LogP contribution in [0.5, 0.6) is 0 Å². The van der Waals surface area contributed by atoms with E-state index in [0.29, 0.717) is 5.56 Å². The number of aryl methyl sites for hydroxylation is 1. The summed E-state index contributed by atoms with van der Waals surface area (Å²) in [5.74, 6) is -0.870. The minimum Gasteiger partial charge on any atom is -0.478 e. The van der Waals surface area contributed by atoms with Gasteiger partial charge in [-0.1, -0.05) is 19.4 Å². The molecule has 0 aliphatic rings. The van der Waals surface area contributed by atoms with Crippen molar-refractivity contribution in [3.63, 3.8) is 0 Å². The van der Waals surface area contributed by atoms with Gasteiger partial charge in [-0.3, -0.25) is 0 Å². The molecule has 84 valence electrons. The fourth-order valence-corrected chi connectivity index (χ4v) is 1.84. The fraction of sp³-hybridized carbons (Fsp3) is 0.308. The van der Waals surface area contributed by atoms with Crippen molar-refractivity contribution in [1.82, 2.24) is 4.57 Å². The third-order valence-electron chi connectivity index (χ3n) is 2.77. The molecule has 0 radical (unpaired) electrons. The number of fused-ring (bicyclic) bond motifs is 1. The van der Waals surface area contributed by atoms with Gasteiger partial charge in [-0.05, 0) is 30.0 Å². The van der Waals surface area contributed by atoms with E-state index in [9.17, 15) is 4.79 Å². The van der Waals surface area contributed by atoms with E-state index in [4.69, 9.17) is 5.11 Å².